The van der Waals surface area contributed by atoms with Crippen LogP contribution in [-0.2, 0) is 9.59 Å². The fourth-order valence-electron chi connectivity index (χ4n) is 2.35. The minimum absolute atomic E-state index is 0.0538. The third-order valence-corrected chi connectivity index (χ3v) is 3.65. The second kappa shape index (κ2) is 6.00. The smallest absolute Gasteiger partial charge is 0.311 e. The molecule has 2 N–H and O–H groups in total. The van der Waals surface area contributed by atoms with Crippen LogP contribution in [0.2, 0.25) is 0 Å². The van der Waals surface area contributed by atoms with E-state index in [-0.39, 0.29) is 5.91 Å². The zero-order valence-electron chi connectivity index (χ0n) is 10.7. The Morgan fingerprint density at radius 3 is 2.71 bits per heavy atom. The molecule has 1 rings (SSSR count). The molecule has 1 saturated heterocycles. The molecule has 5 nitrogen and oxygen atoms in total. The number of hydrogen-bond acceptors (Lipinski definition) is 3. The van der Waals surface area contributed by atoms with Crippen LogP contribution in [-0.4, -0.2) is 48.6 Å². The molecular weight excluding hydrogens is 220 g/mol. The Balaban J connectivity index is 2.65. The van der Waals surface area contributed by atoms with Crippen LogP contribution < -0.4 is 5.32 Å². The minimum Gasteiger partial charge on any atom is -0.481 e. The molecule has 0 spiro atoms. The maximum atomic E-state index is 11.9. The Kier molecular flexibility index (Phi) is 4.93. The number of carbonyl (C=O) groups excluding carboxylic acids is 1. The second-order valence-corrected chi connectivity index (χ2v) is 4.71. The van der Waals surface area contributed by atoms with Crippen molar-refractivity contribution in [2.75, 3.05) is 26.7 Å². The highest BCUT2D eigenvalue weighted by Gasteiger charge is 2.41. The Morgan fingerprint density at radius 1 is 1.47 bits per heavy atom. The Hall–Kier alpha value is -1.10. The predicted molar refractivity (Wildman–Crippen MR) is 64.7 cm³/mol. The van der Waals surface area contributed by atoms with E-state index < -0.39 is 11.4 Å². The van der Waals surface area contributed by atoms with Crippen LogP contribution in [0.3, 0.4) is 0 Å². The SMILES string of the molecule is CCC1(C(=O)O)CCCN(C(=O)CCNC)C1. The average Bonchev–Trinajstić information content (AvgIpc) is 2.35. The average molecular weight is 242 g/mol. The van der Waals surface area contributed by atoms with Crippen LogP contribution in [0.15, 0.2) is 0 Å². The molecule has 0 aliphatic carbocycles. The van der Waals surface area contributed by atoms with Crippen molar-refractivity contribution in [2.45, 2.75) is 32.6 Å². The van der Waals surface area contributed by atoms with Crippen LogP contribution in [0.25, 0.3) is 0 Å². The van der Waals surface area contributed by atoms with Gasteiger partial charge in [-0.05, 0) is 26.3 Å². The highest BCUT2D eigenvalue weighted by Crippen LogP contribution is 2.33. The summed E-state index contributed by atoms with van der Waals surface area (Å²) in [5.74, 6) is -0.718. The van der Waals surface area contributed by atoms with Gasteiger partial charge in [0.2, 0.25) is 5.91 Å². The summed E-state index contributed by atoms with van der Waals surface area (Å²) in [6.45, 7) is 3.58. The van der Waals surface area contributed by atoms with Gasteiger partial charge in [-0.1, -0.05) is 6.92 Å². The number of carbonyl (C=O) groups is 2. The largest absolute Gasteiger partial charge is 0.481 e. The van der Waals surface area contributed by atoms with Crippen molar-refractivity contribution in [2.24, 2.45) is 5.41 Å². The van der Waals surface area contributed by atoms with Gasteiger partial charge in [-0.2, -0.15) is 0 Å². The second-order valence-electron chi connectivity index (χ2n) is 4.71. The number of carboxylic acids is 1. The number of piperidine rings is 1. The number of amides is 1. The van der Waals surface area contributed by atoms with E-state index in [2.05, 4.69) is 5.32 Å². The summed E-state index contributed by atoms with van der Waals surface area (Å²) in [7, 11) is 1.80. The van der Waals surface area contributed by atoms with Crippen molar-refractivity contribution in [3.63, 3.8) is 0 Å². The van der Waals surface area contributed by atoms with E-state index in [1.165, 1.54) is 0 Å². The molecule has 0 saturated carbocycles. The third-order valence-electron chi connectivity index (χ3n) is 3.65. The van der Waals surface area contributed by atoms with E-state index >= 15 is 0 Å². The van der Waals surface area contributed by atoms with E-state index in [9.17, 15) is 14.7 Å². The van der Waals surface area contributed by atoms with Gasteiger partial charge in [-0.15, -0.1) is 0 Å². The van der Waals surface area contributed by atoms with E-state index in [1.54, 1.807) is 11.9 Å². The summed E-state index contributed by atoms with van der Waals surface area (Å²) in [6.07, 6.45) is 2.48. The zero-order chi connectivity index (χ0) is 12.9. The quantitative estimate of drug-likeness (QED) is 0.744. The normalized spacial score (nSPS) is 24.7. The molecule has 0 bridgehead atoms. The summed E-state index contributed by atoms with van der Waals surface area (Å²) in [5.41, 5.74) is -0.729. The van der Waals surface area contributed by atoms with Crippen molar-refractivity contribution >= 4 is 11.9 Å². The van der Waals surface area contributed by atoms with Crippen molar-refractivity contribution in [1.82, 2.24) is 10.2 Å². The predicted octanol–water partition coefficient (Wildman–Crippen LogP) is 0.699. The lowest BCUT2D eigenvalue weighted by Gasteiger charge is -2.39. The van der Waals surface area contributed by atoms with E-state index in [0.29, 0.717) is 38.9 Å². The first-order chi connectivity index (χ1) is 8.05. The van der Waals surface area contributed by atoms with Crippen molar-refractivity contribution in [3.05, 3.63) is 0 Å². The van der Waals surface area contributed by atoms with Crippen molar-refractivity contribution in [1.29, 1.82) is 0 Å². The van der Waals surface area contributed by atoms with Gasteiger partial charge < -0.3 is 15.3 Å². The molecule has 98 valence electrons. The number of nitrogens with zero attached hydrogens (tertiary/aromatic N) is 1. The number of rotatable bonds is 5. The van der Waals surface area contributed by atoms with E-state index in [4.69, 9.17) is 0 Å². The number of hydrogen-bond donors (Lipinski definition) is 2. The van der Waals surface area contributed by atoms with Crippen LogP contribution >= 0.6 is 0 Å². The lowest BCUT2D eigenvalue weighted by molar-refractivity contribution is -0.155. The van der Waals surface area contributed by atoms with Gasteiger partial charge in [0.15, 0.2) is 0 Å². The molecule has 1 unspecified atom stereocenters. The van der Waals surface area contributed by atoms with Crippen molar-refractivity contribution in [3.8, 4) is 0 Å². The number of carboxylic acid groups (broad SMARTS) is 1. The van der Waals surface area contributed by atoms with Gasteiger partial charge in [0.05, 0.1) is 5.41 Å². The van der Waals surface area contributed by atoms with Crippen LogP contribution in [0.5, 0.6) is 0 Å². The van der Waals surface area contributed by atoms with E-state index in [0.717, 1.165) is 6.42 Å². The molecule has 0 aromatic carbocycles. The highest BCUT2D eigenvalue weighted by molar-refractivity contribution is 5.79. The Bertz CT molecular complexity index is 293. The monoisotopic (exact) mass is 242 g/mol. The summed E-state index contributed by atoms with van der Waals surface area (Å²) >= 11 is 0. The Morgan fingerprint density at radius 2 is 2.18 bits per heavy atom. The first-order valence-electron chi connectivity index (χ1n) is 6.21. The van der Waals surface area contributed by atoms with Gasteiger partial charge in [-0.3, -0.25) is 9.59 Å². The molecule has 1 atom stereocenters. The lowest BCUT2D eigenvalue weighted by Crippen LogP contribution is -2.50. The summed E-state index contributed by atoms with van der Waals surface area (Å²) in [6, 6.07) is 0. The van der Waals surface area contributed by atoms with Gasteiger partial charge in [0.1, 0.15) is 0 Å². The fourth-order valence-corrected chi connectivity index (χ4v) is 2.35. The maximum absolute atomic E-state index is 11.9. The first-order valence-corrected chi connectivity index (χ1v) is 6.21. The van der Waals surface area contributed by atoms with Crippen LogP contribution in [0.4, 0.5) is 0 Å². The summed E-state index contributed by atoms with van der Waals surface area (Å²) < 4.78 is 0. The number of aliphatic carboxylic acids is 1. The molecule has 17 heavy (non-hydrogen) atoms. The third kappa shape index (κ3) is 3.19. The van der Waals surface area contributed by atoms with Gasteiger partial charge in [0, 0.05) is 26.1 Å². The zero-order valence-corrected chi connectivity index (χ0v) is 10.7. The fraction of sp³-hybridized carbons (Fsp3) is 0.833. The molecule has 1 aliphatic rings. The maximum Gasteiger partial charge on any atom is 0.311 e. The topological polar surface area (TPSA) is 69.6 Å². The van der Waals surface area contributed by atoms with Gasteiger partial charge >= 0.3 is 5.97 Å². The molecule has 0 aromatic heterocycles. The van der Waals surface area contributed by atoms with E-state index in [1.807, 2.05) is 6.92 Å². The summed E-state index contributed by atoms with van der Waals surface area (Å²) in [4.78, 5) is 24.9. The molecule has 5 heteroatoms. The summed E-state index contributed by atoms with van der Waals surface area (Å²) in [5, 5.41) is 12.2. The number of likely N-dealkylation sites (tertiary alicyclic amines) is 1. The molecule has 1 aliphatic heterocycles. The minimum atomic E-state index is -0.772. The van der Waals surface area contributed by atoms with Crippen LogP contribution in [0, 0.1) is 5.41 Å². The first kappa shape index (κ1) is 14.0. The molecule has 1 fully saturated rings. The molecule has 0 aromatic rings. The van der Waals surface area contributed by atoms with Gasteiger partial charge in [-0.25, -0.2) is 0 Å². The highest BCUT2D eigenvalue weighted by atomic mass is 16.4. The molecule has 0 radical (unpaired) electrons. The molecule has 1 amide bonds. The Labute approximate surface area is 102 Å². The van der Waals surface area contributed by atoms with Gasteiger partial charge in [0.25, 0.3) is 0 Å². The standard InChI is InChI=1S/C12H22N2O3/c1-3-12(11(16)17)6-4-8-14(9-12)10(15)5-7-13-2/h13H,3-9H2,1-2H3,(H,16,17). The number of nitrogens with one attached hydrogen (secondary N) is 1. The van der Waals surface area contributed by atoms with Crippen molar-refractivity contribution < 1.29 is 14.7 Å². The lowest BCUT2D eigenvalue weighted by atomic mass is 9.77. The molecule has 1 heterocycles. The van der Waals surface area contributed by atoms with Crippen LogP contribution in [0.1, 0.15) is 32.6 Å². The molecular formula is C12H22N2O3.